The fourth-order valence-electron chi connectivity index (χ4n) is 3.22. The summed E-state index contributed by atoms with van der Waals surface area (Å²) < 4.78 is 8.08. The van der Waals surface area contributed by atoms with Crippen molar-refractivity contribution in [2.45, 2.75) is 78.3 Å². The molecule has 1 aromatic rings. The molecule has 1 atom stereocenters. The average molecular weight is 322 g/mol. The molecule has 0 aromatic carbocycles. The molecule has 1 aromatic heterocycles. The quantitative estimate of drug-likeness (QED) is 0.876. The van der Waals surface area contributed by atoms with Gasteiger partial charge in [-0.15, -0.1) is 0 Å². The SMILES string of the molecule is CC(C)Cn1ccnc1CNC(=O)N[C@@H]1CC(C)(C)OC1(C)C. The number of nitrogens with one attached hydrogen (secondary N) is 2. The van der Waals surface area contributed by atoms with E-state index in [2.05, 4.69) is 47.9 Å². The number of ether oxygens (including phenoxy) is 1. The second kappa shape index (κ2) is 6.51. The first kappa shape index (κ1) is 17.8. The van der Waals surface area contributed by atoms with Crippen LogP contribution in [0, 0.1) is 5.92 Å². The van der Waals surface area contributed by atoms with Crippen LogP contribution >= 0.6 is 0 Å². The number of carbonyl (C=O) groups excluding carboxylic acids is 1. The van der Waals surface area contributed by atoms with E-state index in [-0.39, 0.29) is 23.3 Å². The lowest BCUT2D eigenvalue weighted by atomic mass is 9.95. The van der Waals surface area contributed by atoms with E-state index in [1.165, 1.54) is 0 Å². The van der Waals surface area contributed by atoms with E-state index in [9.17, 15) is 4.79 Å². The van der Waals surface area contributed by atoms with E-state index in [0.717, 1.165) is 18.8 Å². The van der Waals surface area contributed by atoms with Gasteiger partial charge in [-0.1, -0.05) is 13.8 Å². The molecular weight excluding hydrogens is 292 g/mol. The van der Waals surface area contributed by atoms with Crippen molar-refractivity contribution in [1.82, 2.24) is 20.2 Å². The standard InChI is InChI=1S/C17H30N4O2/c1-12(2)11-21-8-7-18-14(21)10-19-15(22)20-13-9-16(3,4)23-17(13,5)6/h7-8,12-13H,9-11H2,1-6H3,(H2,19,20,22)/t13-/m1/s1. The molecule has 2 heterocycles. The second-order valence-corrected chi connectivity index (χ2v) is 7.94. The highest BCUT2D eigenvalue weighted by Crippen LogP contribution is 2.37. The van der Waals surface area contributed by atoms with Crippen LogP contribution in [-0.4, -0.2) is 32.8 Å². The highest BCUT2D eigenvalue weighted by Gasteiger charge is 2.46. The van der Waals surface area contributed by atoms with Gasteiger partial charge >= 0.3 is 6.03 Å². The maximum Gasteiger partial charge on any atom is 0.315 e. The Morgan fingerprint density at radius 2 is 2.13 bits per heavy atom. The Hall–Kier alpha value is -1.56. The maximum atomic E-state index is 12.2. The van der Waals surface area contributed by atoms with Crippen molar-refractivity contribution in [2.75, 3.05) is 0 Å². The van der Waals surface area contributed by atoms with Gasteiger partial charge in [0.25, 0.3) is 0 Å². The van der Waals surface area contributed by atoms with Crippen molar-refractivity contribution in [1.29, 1.82) is 0 Å². The molecule has 2 amide bonds. The van der Waals surface area contributed by atoms with Gasteiger partial charge in [0, 0.05) is 18.9 Å². The Labute approximate surface area is 139 Å². The summed E-state index contributed by atoms with van der Waals surface area (Å²) in [6.07, 6.45) is 4.52. The lowest BCUT2D eigenvalue weighted by Gasteiger charge is -2.27. The molecule has 0 unspecified atom stereocenters. The van der Waals surface area contributed by atoms with Gasteiger partial charge in [0.1, 0.15) is 5.82 Å². The second-order valence-electron chi connectivity index (χ2n) is 7.94. The van der Waals surface area contributed by atoms with Gasteiger partial charge in [-0.2, -0.15) is 0 Å². The summed E-state index contributed by atoms with van der Waals surface area (Å²) >= 11 is 0. The number of imidazole rings is 1. The third kappa shape index (κ3) is 4.70. The molecule has 6 heteroatoms. The summed E-state index contributed by atoms with van der Waals surface area (Å²) in [5.74, 6) is 1.41. The van der Waals surface area contributed by atoms with E-state index < -0.39 is 0 Å². The monoisotopic (exact) mass is 322 g/mol. The normalized spacial score (nSPS) is 22.3. The Bertz CT molecular complexity index is 549. The number of nitrogens with zero attached hydrogens (tertiary/aromatic N) is 2. The minimum absolute atomic E-state index is 0.00657. The zero-order chi connectivity index (χ0) is 17.3. The summed E-state index contributed by atoms with van der Waals surface area (Å²) in [5, 5.41) is 5.94. The zero-order valence-electron chi connectivity index (χ0n) is 15.1. The van der Waals surface area contributed by atoms with Crippen LogP contribution in [0.25, 0.3) is 0 Å². The molecule has 0 bridgehead atoms. The van der Waals surface area contributed by atoms with Crippen LogP contribution in [-0.2, 0) is 17.8 Å². The van der Waals surface area contributed by atoms with Crippen LogP contribution < -0.4 is 10.6 Å². The predicted molar refractivity (Wildman–Crippen MR) is 90.1 cm³/mol. The summed E-state index contributed by atoms with van der Waals surface area (Å²) in [5.41, 5.74) is -0.577. The number of aromatic nitrogens is 2. The first-order valence-electron chi connectivity index (χ1n) is 8.33. The lowest BCUT2D eigenvalue weighted by molar-refractivity contribution is -0.0690. The first-order chi connectivity index (χ1) is 10.6. The van der Waals surface area contributed by atoms with Gasteiger partial charge in [-0.05, 0) is 40.0 Å². The molecule has 2 rings (SSSR count). The summed E-state index contributed by atoms with van der Waals surface area (Å²) in [4.78, 5) is 16.5. The predicted octanol–water partition coefficient (Wildman–Crippen LogP) is 2.68. The van der Waals surface area contributed by atoms with Crippen LogP contribution in [0.1, 0.15) is 53.8 Å². The van der Waals surface area contributed by atoms with Crippen molar-refractivity contribution >= 4 is 6.03 Å². The molecule has 2 N–H and O–H groups in total. The van der Waals surface area contributed by atoms with Gasteiger partial charge in [0.15, 0.2) is 0 Å². The van der Waals surface area contributed by atoms with Crippen LogP contribution in [0.3, 0.4) is 0 Å². The number of rotatable bonds is 5. The van der Waals surface area contributed by atoms with E-state index in [1.807, 2.05) is 20.0 Å². The molecule has 6 nitrogen and oxygen atoms in total. The van der Waals surface area contributed by atoms with Gasteiger partial charge < -0.3 is 19.9 Å². The van der Waals surface area contributed by atoms with Gasteiger partial charge in [-0.3, -0.25) is 0 Å². The van der Waals surface area contributed by atoms with Crippen molar-refractivity contribution in [2.24, 2.45) is 5.92 Å². The molecule has 23 heavy (non-hydrogen) atoms. The Balaban J connectivity index is 1.88. The smallest absolute Gasteiger partial charge is 0.315 e. The molecular formula is C17H30N4O2. The third-order valence-corrected chi connectivity index (χ3v) is 4.15. The third-order valence-electron chi connectivity index (χ3n) is 4.15. The summed E-state index contributed by atoms with van der Waals surface area (Å²) in [7, 11) is 0. The van der Waals surface area contributed by atoms with Crippen LogP contribution in [0.5, 0.6) is 0 Å². The van der Waals surface area contributed by atoms with Crippen molar-refractivity contribution in [3.8, 4) is 0 Å². The van der Waals surface area contributed by atoms with E-state index in [0.29, 0.717) is 12.5 Å². The minimum atomic E-state index is -0.364. The van der Waals surface area contributed by atoms with Crippen molar-refractivity contribution in [3.63, 3.8) is 0 Å². The minimum Gasteiger partial charge on any atom is -0.367 e. The Kier molecular flexibility index (Phi) is 5.04. The van der Waals surface area contributed by atoms with Gasteiger partial charge in [0.2, 0.25) is 0 Å². The largest absolute Gasteiger partial charge is 0.367 e. The molecule has 0 saturated carbocycles. The topological polar surface area (TPSA) is 68.2 Å². The van der Waals surface area contributed by atoms with Crippen LogP contribution in [0.2, 0.25) is 0 Å². The molecule has 1 fully saturated rings. The molecule has 0 aliphatic carbocycles. The van der Waals surface area contributed by atoms with Crippen molar-refractivity contribution in [3.05, 3.63) is 18.2 Å². The highest BCUT2D eigenvalue weighted by molar-refractivity contribution is 5.74. The number of urea groups is 1. The molecule has 0 spiro atoms. The Morgan fingerprint density at radius 1 is 1.43 bits per heavy atom. The first-order valence-corrected chi connectivity index (χ1v) is 8.33. The molecule has 0 radical (unpaired) electrons. The van der Waals surface area contributed by atoms with Crippen LogP contribution in [0.15, 0.2) is 12.4 Å². The molecule has 130 valence electrons. The summed E-state index contributed by atoms with van der Waals surface area (Å²) in [6, 6.07) is -0.184. The average Bonchev–Trinajstić information content (AvgIpc) is 2.88. The number of hydrogen-bond donors (Lipinski definition) is 2. The van der Waals surface area contributed by atoms with E-state index >= 15 is 0 Å². The number of hydrogen-bond acceptors (Lipinski definition) is 3. The fourth-order valence-corrected chi connectivity index (χ4v) is 3.22. The Morgan fingerprint density at radius 3 is 2.70 bits per heavy atom. The van der Waals surface area contributed by atoms with Gasteiger partial charge in [0.05, 0.1) is 23.8 Å². The molecule has 1 aliphatic rings. The molecule has 1 saturated heterocycles. The fraction of sp³-hybridized carbons (Fsp3) is 0.765. The van der Waals surface area contributed by atoms with E-state index in [4.69, 9.17) is 4.74 Å². The number of carbonyl (C=O) groups is 1. The summed E-state index contributed by atoms with van der Waals surface area (Å²) in [6.45, 7) is 13.8. The van der Waals surface area contributed by atoms with Gasteiger partial charge in [-0.25, -0.2) is 9.78 Å². The highest BCUT2D eigenvalue weighted by atomic mass is 16.5. The van der Waals surface area contributed by atoms with E-state index in [1.54, 1.807) is 6.20 Å². The molecule has 1 aliphatic heterocycles. The number of amides is 2. The van der Waals surface area contributed by atoms with Crippen LogP contribution in [0.4, 0.5) is 4.79 Å². The maximum absolute atomic E-state index is 12.2. The van der Waals surface area contributed by atoms with Crippen molar-refractivity contribution < 1.29 is 9.53 Å². The lowest BCUT2D eigenvalue weighted by Crippen LogP contribution is -2.49. The zero-order valence-corrected chi connectivity index (χ0v) is 15.1.